The molecule has 1 aliphatic rings. The number of nitrogens with one attached hydrogen (secondary N) is 1. The molecule has 0 aromatic heterocycles. The molecule has 0 bridgehead atoms. The number of benzene rings is 2. The third-order valence-corrected chi connectivity index (χ3v) is 3.55. The number of anilines is 2. The Morgan fingerprint density at radius 2 is 1.71 bits per heavy atom. The highest BCUT2D eigenvalue weighted by molar-refractivity contribution is 6.34. The van der Waals surface area contributed by atoms with E-state index in [9.17, 15) is 24.3 Å². The third-order valence-electron chi connectivity index (χ3n) is 3.55. The minimum atomic E-state index is -1.43. The molecule has 0 fully saturated rings. The van der Waals surface area contributed by atoms with E-state index in [0.717, 1.165) is 11.0 Å². The number of carboxylic acid groups (broad SMARTS) is 1. The van der Waals surface area contributed by atoms with E-state index in [1.54, 1.807) is 18.2 Å². The summed E-state index contributed by atoms with van der Waals surface area (Å²) in [4.78, 5) is 48.0. The maximum Gasteiger partial charge on any atom is 0.266 e. The van der Waals surface area contributed by atoms with Crippen molar-refractivity contribution in [1.29, 1.82) is 0 Å². The predicted octanol–water partition coefficient (Wildman–Crippen LogP) is 0.809. The molecule has 1 aliphatic heterocycles. The quantitative estimate of drug-likeness (QED) is 0.841. The largest absolute Gasteiger partial charge is 0.545 e. The summed E-state index contributed by atoms with van der Waals surface area (Å²) >= 11 is 0. The van der Waals surface area contributed by atoms with Crippen LogP contribution in [-0.2, 0) is 4.79 Å². The van der Waals surface area contributed by atoms with Crippen molar-refractivity contribution in [2.45, 2.75) is 6.92 Å². The fourth-order valence-corrected chi connectivity index (χ4v) is 2.53. The second-order valence-electron chi connectivity index (χ2n) is 5.23. The minimum absolute atomic E-state index is 0.00614. The van der Waals surface area contributed by atoms with E-state index >= 15 is 0 Å². The molecule has 3 amide bonds. The first-order valence-electron chi connectivity index (χ1n) is 7.00. The van der Waals surface area contributed by atoms with Crippen molar-refractivity contribution in [2.75, 3.05) is 10.2 Å². The van der Waals surface area contributed by atoms with Gasteiger partial charge in [0.25, 0.3) is 11.8 Å². The monoisotopic (exact) mass is 323 g/mol. The zero-order valence-corrected chi connectivity index (χ0v) is 12.5. The van der Waals surface area contributed by atoms with Gasteiger partial charge in [0.05, 0.1) is 22.8 Å². The van der Waals surface area contributed by atoms with E-state index in [4.69, 9.17) is 0 Å². The number of hydrogen-bond acceptors (Lipinski definition) is 5. The lowest BCUT2D eigenvalue weighted by molar-refractivity contribution is -0.255. The first-order valence-corrected chi connectivity index (χ1v) is 7.00. The van der Waals surface area contributed by atoms with Crippen molar-refractivity contribution in [1.82, 2.24) is 0 Å². The van der Waals surface area contributed by atoms with Crippen molar-refractivity contribution >= 4 is 35.1 Å². The first-order chi connectivity index (χ1) is 11.4. The molecule has 2 aromatic rings. The molecule has 0 atom stereocenters. The number of fused-ring (bicyclic) bond motifs is 1. The summed E-state index contributed by atoms with van der Waals surface area (Å²) in [6.45, 7) is 1.34. The van der Waals surface area contributed by atoms with E-state index in [1.807, 2.05) is 0 Å². The van der Waals surface area contributed by atoms with Gasteiger partial charge < -0.3 is 15.2 Å². The topological polar surface area (TPSA) is 107 Å². The molecule has 7 heteroatoms. The van der Waals surface area contributed by atoms with Gasteiger partial charge in [-0.05, 0) is 35.9 Å². The highest BCUT2D eigenvalue weighted by Gasteiger charge is 2.36. The maximum atomic E-state index is 12.5. The maximum absolute atomic E-state index is 12.5. The second-order valence-corrected chi connectivity index (χ2v) is 5.23. The van der Waals surface area contributed by atoms with E-state index in [2.05, 4.69) is 5.32 Å². The molecule has 1 heterocycles. The van der Waals surface area contributed by atoms with E-state index < -0.39 is 17.8 Å². The molecule has 1 N–H and O–H groups in total. The van der Waals surface area contributed by atoms with Gasteiger partial charge in [0.2, 0.25) is 5.91 Å². The Morgan fingerprint density at radius 3 is 2.38 bits per heavy atom. The fraction of sp³-hybridized carbons (Fsp3) is 0.0588. The summed E-state index contributed by atoms with van der Waals surface area (Å²) in [5.41, 5.74) is 0.666. The number of hydrogen-bond donors (Lipinski definition) is 1. The van der Waals surface area contributed by atoms with Gasteiger partial charge in [0.15, 0.2) is 0 Å². The Balaban J connectivity index is 2.02. The van der Waals surface area contributed by atoms with Crippen molar-refractivity contribution in [3.63, 3.8) is 0 Å². The Hall–Kier alpha value is -3.48. The van der Waals surface area contributed by atoms with E-state index in [0.29, 0.717) is 5.69 Å². The van der Waals surface area contributed by atoms with E-state index in [-0.39, 0.29) is 28.3 Å². The van der Waals surface area contributed by atoms with Gasteiger partial charge >= 0.3 is 0 Å². The molecule has 0 spiro atoms. The van der Waals surface area contributed by atoms with E-state index in [1.165, 1.54) is 25.1 Å². The van der Waals surface area contributed by atoms with Crippen LogP contribution in [0.25, 0.3) is 0 Å². The van der Waals surface area contributed by atoms with Crippen molar-refractivity contribution in [3.8, 4) is 0 Å². The lowest BCUT2D eigenvalue weighted by Gasteiger charge is -2.15. The third kappa shape index (κ3) is 2.52. The van der Waals surface area contributed by atoms with Crippen LogP contribution in [0.2, 0.25) is 0 Å². The second kappa shape index (κ2) is 5.62. The number of nitrogens with zero attached hydrogens (tertiary/aromatic N) is 1. The molecule has 0 saturated heterocycles. The van der Waals surface area contributed by atoms with Crippen LogP contribution in [0.4, 0.5) is 11.4 Å². The number of carboxylic acids is 1. The van der Waals surface area contributed by atoms with Crippen molar-refractivity contribution in [2.24, 2.45) is 0 Å². The van der Waals surface area contributed by atoms with Crippen LogP contribution in [0, 0.1) is 0 Å². The summed E-state index contributed by atoms with van der Waals surface area (Å²) in [5.74, 6) is -2.89. The normalized spacial score (nSPS) is 13.0. The molecule has 2 aromatic carbocycles. The summed E-state index contributed by atoms with van der Waals surface area (Å²) in [7, 11) is 0. The smallest absolute Gasteiger partial charge is 0.266 e. The van der Waals surface area contributed by atoms with Crippen LogP contribution in [0.1, 0.15) is 38.0 Å². The predicted molar refractivity (Wildman–Crippen MR) is 82.7 cm³/mol. The molecule has 3 rings (SSSR count). The number of imide groups is 1. The molecular weight excluding hydrogens is 312 g/mol. The standard InChI is InChI=1S/C17H12N2O5/c1-9(20)18-11-3-2-4-12(8-11)19-15(21)13-6-5-10(17(23)24)7-14(13)16(19)22/h2-8H,1H3,(H,18,20)(H,23,24)/p-1. The summed E-state index contributed by atoms with van der Waals surface area (Å²) in [5, 5.41) is 13.5. The highest BCUT2D eigenvalue weighted by atomic mass is 16.4. The van der Waals surface area contributed by atoms with Crippen LogP contribution >= 0.6 is 0 Å². The molecule has 7 nitrogen and oxygen atoms in total. The Kier molecular flexibility index (Phi) is 3.61. The van der Waals surface area contributed by atoms with Gasteiger partial charge in [-0.2, -0.15) is 0 Å². The van der Waals surface area contributed by atoms with Gasteiger partial charge in [-0.3, -0.25) is 14.4 Å². The lowest BCUT2D eigenvalue weighted by atomic mass is 10.1. The summed E-state index contributed by atoms with van der Waals surface area (Å²) in [6.07, 6.45) is 0. The molecule has 24 heavy (non-hydrogen) atoms. The van der Waals surface area contributed by atoms with Crippen molar-refractivity contribution < 1.29 is 24.3 Å². The van der Waals surface area contributed by atoms with Gasteiger partial charge in [0.1, 0.15) is 0 Å². The lowest BCUT2D eigenvalue weighted by Crippen LogP contribution is -2.29. The number of carbonyl (C=O) groups excluding carboxylic acids is 4. The SMILES string of the molecule is CC(=O)Nc1cccc(N2C(=O)c3ccc(C(=O)[O-])cc3C2=O)c1. The average molecular weight is 323 g/mol. The molecule has 0 unspecified atom stereocenters. The van der Waals surface area contributed by atoms with Gasteiger partial charge in [-0.1, -0.05) is 12.1 Å². The van der Waals surface area contributed by atoms with Gasteiger partial charge in [0, 0.05) is 12.6 Å². The molecule has 0 saturated carbocycles. The number of amides is 3. The summed E-state index contributed by atoms with van der Waals surface area (Å²) in [6, 6.07) is 9.89. The highest BCUT2D eigenvalue weighted by Crippen LogP contribution is 2.30. The van der Waals surface area contributed by atoms with Crippen molar-refractivity contribution in [3.05, 3.63) is 59.2 Å². The van der Waals surface area contributed by atoms with Crippen LogP contribution in [0.3, 0.4) is 0 Å². The van der Waals surface area contributed by atoms with Crippen LogP contribution in [0.5, 0.6) is 0 Å². The molecule has 0 aliphatic carbocycles. The number of rotatable bonds is 3. The number of carbonyl (C=O) groups is 4. The first kappa shape index (κ1) is 15.4. The van der Waals surface area contributed by atoms with Crippen LogP contribution in [-0.4, -0.2) is 23.7 Å². The van der Waals surface area contributed by atoms with Gasteiger partial charge in [-0.15, -0.1) is 0 Å². The Morgan fingerprint density at radius 1 is 1.00 bits per heavy atom. The zero-order valence-electron chi connectivity index (χ0n) is 12.5. The molecule has 0 radical (unpaired) electrons. The van der Waals surface area contributed by atoms with Crippen LogP contribution in [0.15, 0.2) is 42.5 Å². The fourth-order valence-electron chi connectivity index (χ4n) is 2.53. The summed E-state index contributed by atoms with van der Waals surface area (Å²) < 4.78 is 0. The van der Waals surface area contributed by atoms with Crippen LogP contribution < -0.4 is 15.3 Å². The molecular formula is C17H11N2O5-. The zero-order chi connectivity index (χ0) is 17.4. The minimum Gasteiger partial charge on any atom is -0.545 e. The Labute approximate surface area is 136 Å². The average Bonchev–Trinajstić information content (AvgIpc) is 2.78. The Bertz CT molecular complexity index is 904. The molecule has 120 valence electrons. The number of aromatic carboxylic acids is 1. The van der Waals surface area contributed by atoms with Gasteiger partial charge in [-0.25, -0.2) is 4.90 Å².